The van der Waals surface area contributed by atoms with Gasteiger partial charge in [0.25, 0.3) is 5.91 Å². The zero-order valence-corrected chi connectivity index (χ0v) is 21.1. The summed E-state index contributed by atoms with van der Waals surface area (Å²) < 4.78 is 40.1. The minimum atomic E-state index is -4.58. The molecule has 0 spiro atoms. The number of alkyl halides is 3. The lowest BCUT2D eigenvalue weighted by molar-refractivity contribution is -0.149. The Morgan fingerprint density at radius 3 is 2.64 bits per heavy atom. The van der Waals surface area contributed by atoms with Crippen LogP contribution in [-0.4, -0.2) is 54.0 Å². The number of anilines is 3. The molecule has 13 heteroatoms. The molecule has 10 nitrogen and oxygen atoms in total. The van der Waals surface area contributed by atoms with E-state index < -0.39 is 23.7 Å². The SMILES string of the molecule is C[C@@H](NC(=O)c1cccc(Nc2cc(NC34CC5CC(CC(O)(C5)C3)C4)nn3c(C#N)cnc23)n1)C(F)(F)F. The molecule has 4 saturated carbocycles. The maximum atomic E-state index is 12.9. The van der Waals surface area contributed by atoms with Gasteiger partial charge in [-0.2, -0.15) is 22.9 Å². The number of hydrogen-bond acceptors (Lipinski definition) is 8. The molecule has 4 aliphatic carbocycles. The quantitative estimate of drug-likeness (QED) is 0.369. The maximum Gasteiger partial charge on any atom is 0.408 e. The van der Waals surface area contributed by atoms with Gasteiger partial charge in [-0.25, -0.2) is 9.97 Å². The summed E-state index contributed by atoms with van der Waals surface area (Å²) in [5.41, 5.74) is -0.195. The minimum Gasteiger partial charge on any atom is -0.390 e. The molecular formula is C26H27F3N8O2. The van der Waals surface area contributed by atoms with Gasteiger partial charge in [0.1, 0.15) is 29.4 Å². The Bertz CT molecular complexity index is 1480. The van der Waals surface area contributed by atoms with Gasteiger partial charge in [-0.05, 0) is 69.4 Å². The van der Waals surface area contributed by atoms with Crippen molar-refractivity contribution in [3.8, 4) is 6.07 Å². The van der Waals surface area contributed by atoms with Crippen molar-refractivity contribution in [2.75, 3.05) is 10.6 Å². The van der Waals surface area contributed by atoms with E-state index >= 15 is 0 Å². The van der Waals surface area contributed by atoms with Crippen LogP contribution < -0.4 is 16.0 Å². The second-order valence-electron chi connectivity index (χ2n) is 11.3. The van der Waals surface area contributed by atoms with Gasteiger partial charge in [0.15, 0.2) is 11.3 Å². The van der Waals surface area contributed by atoms with E-state index in [0.717, 1.165) is 39.0 Å². The number of nitrogens with zero attached hydrogens (tertiary/aromatic N) is 5. The van der Waals surface area contributed by atoms with Crippen molar-refractivity contribution in [2.24, 2.45) is 11.8 Å². The number of nitrogens with one attached hydrogen (secondary N) is 3. The molecule has 4 aliphatic rings. The van der Waals surface area contributed by atoms with Crippen molar-refractivity contribution in [1.29, 1.82) is 5.26 Å². The number of pyridine rings is 1. The minimum absolute atomic E-state index is 0.192. The second kappa shape index (κ2) is 8.81. The topological polar surface area (TPSA) is 140 Å². The second-order valence-corrected chi connectivity index (χ2v) is 11.3. The number of carbonyl (C=O) groups is 1. The first kappa shape index (κ1) is 25.4. The number of imidazole rings is 1. The van der Waals surface area contributed by atoms with Gasteiger partial charge in [0, 0.05) is 11.6 Å². The summed E-state index contributed by atoms with van der Waals surface area (Å²) in [7, 11) is 0. The molecule has 7 rings (SSSR count). The number of amides is 1. The van der Waals surface area contributed by atoms with Crippen molar-refractivity contribution in [3.63, 3.8) is 0 Å². The molecule has 1 amide bonds. The first-order valence-corrected chi connectivity index (χ1v) is 12.9. The van der Waals surface area contributed by atoms with Crippen LogP contribution in [0.3, 0.4) is 0 Å². The summed E-state index contributed by atoms with van der Waals surface area (Å²) in [6, 6.07) is 6.15. The summed E-state index contributed by atoms with van der Waals surface area (Å²) in [5, 5.41) is 33.9. The van der Waals surface area contributed by atoms with E-state index in [1.165, 1.54) is 22.8 Å². The number of hydrogen-bond donors (Lipinski definition) is 4. The van der Waals surface area contributed by atoms with E-state index in [2.05, 4.69) is 31.8 Å². The van der Waals surface area contributed by atoms with Crippen LogP contribution in [-0.2, 0) is 0 Å². The fraction of sp³-hybridized carbons (Fsp3) is 0.500. The lowest BCUT2D eigenvalue weighted by atomic mass is 9.51. The molecule has 0 aliphatic heterocycles. The van der Waals surface area contributed by atoms with E-state index in [-0.39, 0.29) is 22.7 Å². The van der Waals surface area contributed by atoms with Crippen LogP contribution in [0.1, 0.15) is 61.6 Å². The van der Waals surface area contributed by atoms with E-state index in [4.69, 9.17) is 0 Å². The van der Waals surface area contributed by atoms with Gasteiger partial charge in [-0.15, -0.1) is 5.10 Å². The number of aromatic nitrogens is 4. The maximum absolute atomic E-state index is 12.9. The molecule has 4 bridgehead atoms. The third kappa shape index (κ3) is 4.73. The molecule has 4 N–H and O–H groups in total. The van der Waals surface area contributed by atoms with Crippen molar-refractivity contribution < 1.29 is 23.1 Å². The van der Waals surface area contributed by atoms with E-state index in [1.54, 1.807) is 12.1 Å². The van der Waals surface area contributed by atoms with Crippen molar-refractivity contribution >= 4 is 28.9 Å². The Morgan fingerprint density at radius 2 is 1.97 bits per heavy atom. The average molecular weight is 541 g/mol. The molecule has 39 heavy (non-hydrogen) atoms. The molecule has 204 valence electrons. The van der Waals surface area contributed by atoms with Gasteiger partial charge in [-0.1, -0.05) is 6.07 Å². The van der Waals surface area contributed by atoms with Gasteiger partial charge in [0.05, 0.1) is 17.5 Å². The lowest BCUT2D eigenvalue weighted by Crippen LogP contribution is -2.62. The molecule has 0 saturated heterocycles. The molecule has 4 fully saturated rings. The number of nitriles is 1. The van der Waals surface area contributed by atoms with Crippen LogP contribution in [0.2, 0.25) is 0 Å². The normalized spacial score (nSPS) is 28.2. The van der Waals surface area contributed by atoms with Crippen molar-refractivity contribution in [3.05, 3.63) is 41.9 Å². The first-order chi connectivity index (χ1) is 18.4. The van der Waals surface area contributed by atoms with E-state index in [0.29, 0.717) is 35.4 Å². The zero-order valence-electron chi connectivity index (χ0n) is 21.1. The Balaban J connectivity index is 1.30. The molecule has 3 aromatic heterocycles. The van der Waals surface area contributed by atoms with Crippen molar-refractivity contribution in [2.45, 2.75) is 68.8 Å². The van der Waals surface area contributed by atoms with Gasteiger partial charge < -0.3 is 21.1 Å². The Labute approximate surface area is 221 Å². The van der Waals surface area contributed by atoms with Crippen LogP contribution >= 0.6 is 0 Å². The predicted molar refractivity (Wildman–Crippen MR) is 134 cm³/mol. The molecular weight excluding hydrogens is 513 g/mol. The molecule has 3 aromatic rings. The van der Waals surface area contributed by atoms with Crippen LogP contribution in [0.5, 0.6) is 0 Å². The Morgan fingerprint density at radius 1 is 1.23 bits per heavy atom. The Kier molecular flexibility index (Phi) is 5.73. The highest BCUT2D eigenvalue weighted by molar-refractivity contribution is 5.93. The summed E-state index contributed by atoms with van der Waals surface area (Å²) in [5.74, 6) is 0.625. The van der Waals surface area contributed by atoms with Crippen molar-refractivity contribution in [1.82, 2.24) is 24.9 Å². The van der Waals surface area contributed by atoms with Crippen LogP contribution in [0.25, 0.3) is 5.65 Å². The lowest BCUT2D eigenvalue weighted by Gasteiger charge is -2.60. The highest BCUT2D eigenvalue weighted by atomic mass is 19.4. The highest BCUT2D eigenvalue weighted by Gasteiger charge is 2.57. The van der Waals surface area contributed by atoms with Crippen LogP contribution in [0.4, 0.5) is 30.5 Å². The third-order valence-corrected chi connectivity index (χ3v) is 8.09. The molecule has 3 atom stereocenters. The highest BCUT2D eigenvalue weighted by Crippen LogP contribution is 2.58. The fourth-order valence-electron chi connectivity index (χ4n) is 6.95. The summed E-state index contributed by atoms with van der Waals surface area (Å²) in [4.78, 5) is 20.9. The van der Waals surface area contributed by atoms with Crippen LogP contribution in [0, 0.1) is 23.2 Å². The smallest absolute Gasteiger partial charge is 0.390 e. The van der Waals surface area contributed by atoms with E-state index in [9.17, 15) is 28.3 Å². The predicted octanol–water partition coefficient (Wildman–Crippen LogP) is 3.92. The summed E-state index contributed by atoms with van der Waals surface area (Å²) >= 11 is 0. The zero-order chi connectivity index (χ0) is 27.6. The number of fused-ring (bicyclic) bond motifs is 1. The van der Waals surface area contributed by atoms with E-state index in [1.807, 2.05) is 5.32 Å². The van der Waals surface area contributed by atoms with Gasteiger partial charge >= 0.3 is 6.18 Å². The summed E-state index contributed by atoms with van der Waals surface area (Å²) in [6.45, 7) is 0.857. The molecule has 0 aromatic carbocycles. The third-order valence-electron chi connectivity index (χ3n) is 8.09. The van der Waals surface area contributed by atoms with Gasteiger partial charge in [-0.3, -0.25) is 4.79 Å². The Hall–Kier alpha value is -3.92. The van der Waals surface area contributed by atoms with Gasteiger partial charge in [0.2, 0.25) is 0 Å². The first-order valence-electron chi connectivity index (χ1n) is 12.9. The summed E-state index contributed by atoms with van der Waals surface area (Å²) in [6.07, 6.45) is 2.07. The number of aliphatic hydroxyl groups is 1. The number of rotatable bonds is 6. The number of carbonyl (C=O) groups excluding carboxylic acids is 1. The number of halogens is 3. The fourth-order valence-corrected chi connectivity index (χ4v) is 6.95. The molecule has 3 heterocycles. The standard InChI is InChI=1S/C26H27F3N8O2/c1-14(26(27,28)29)32-23(38)18-3-2-4-20(33-18)34-19-6-21(36-37-17(11-30)12-31-22(19)37)35-24-7-15-5-16(8-24)10-25(39,9-15)13-24/h2-4,6,12,14-16,39H,5,7-10,13H2,1H3,(H,32,38)(H,33,34)(H,35,36)/t14-,15?,16?,24?,25?/m1/s1. The largest absolute Gasteiger partial charge is 0.408 e. The average Bonchev–Trinajstić information content (AvgIpc) is 3.25. The molecule has 2 unspecified atom stereocenters. The molecule has 0 radical (unpaired) electrons. The van der Waals surface area contributed by atoms with Crippen LogP contribution in [0.15, 0.2) is 30.5 Å². The monoisotopic (exact) mass is 540 g/mol.